The number of halogens is 1. The van der Waals surface area contributed by atoms with Crippen LogP contribution in [0.25, 0.3) is 10.9 Å². The van der Waals surface area contributed by atoms with E-state index in [4.69, 9.17) is 0 Å². The minimum Gasteiger partial charge on any atom is -0.351 e. The average molecular weight is 533 g/mol. The van der Waals surface area contributed by atoms with Gasteiger partial charge < -0.3 is 14.8 Å². The van der Waals surface area contributed by atoms with Gasteiger partial charge in [0.15, 0.2) is 5.78 Å². The molecule has 2 saturated heterocycles. The number of nitrogens with one attached hydrogen (secondary N) is 1. The molecule has 2 aliphatic heterocycles. The molecule has 3 heterocycles. The van der Waals surface area contributed by atoms with Crippen molar-refractivity contribution in [3.05, 3.63) is 47.1 Å². The van der Waals surface area contributed by atoms with E-state index in [1.807, 2.05) is 34.5 Å². The number of thioether (sulfide) groups is 1. The number of amides is 2. The average Bonchev–Trinajstić information content (AvgIpc) is 3.13. The number of carbonyl (C=O) groups is 3. The van der Waals surface area contributed by atoms with Gasteiger partial charge in [-0.3, -0.25) is 19.3 Å². The number of nitrogens with zero attached hydrogens (tertiary/aromatic N) is 3. The highest BCUT2D eigenvalue weighted by molar-refractivity contribution is 9.10. The third-order valence-electron chi connectivity index (χ3n) is 6.21. The van der Waals surface area contributed by atoms with Gasteiger partial charge in [-0.1, -0.05) is 22.5 Å². The Kier molecular flexibility index (Phi) is 7.93. The molecule has 2 fully saturated rings. The smallest absolute Gasteiger partial charge is 0.253 e. The monoisotopic (exact) mass is 532 g/mol. The first-order chi connectivity index (χ1) is 15.9. The second-order valence-electron chi connectivity index (χ2n) is 8.60. The van der Waals surface area contributed by atoms with Crippen molar-refractivity contribution in [2.75, 3.05) is 50.8 Å². The summed E-state index contributed by atoms with van der Waals surface area (Å²) in [6, 6.07) is 5.78. The van der Waals surface area contributed by atoms with Gasteiger partial charge in [0.1, 0.15) is 0 Å². The van der Waals surface area contributed by atoms with Crippen molar-refractivity contribution in [2.45, 2.75) is 13.0 Å². The van der Waals surface area contributed by atoms with Crippen LogP contribution in [0.1, 0.15) is 16.8 Å². The summed E-state index contributed by atoms with van der Waals surface area (Å²) in [5, 5.41) is 3.88. The fraction of sp³-hybridized carbons (Fsp3) is 0.458. The Balaban J connectivity index is 1.39. The molecule has 1 aromatic heterocycles. The number of hydrogen-bond acceptors (Lipinski definition) is 5. The maximum Gasteiger partial charge on any atom is 0.253 e. The van der Waals surface area contributed by atoms with Crippen LogP contribution in [0.3, 0.4) is 0 Å². The quantitative estimate of drug-likeness (QED) is 0.502. The standard InChI is InChI=1S/C24H29BrN4O3S/c1-2-23(31)29-13-17(14-29)11-19(30)15-28-16-21(20-12-18(25)3-4-22(20)28)24(32)26-5-6-27-7-9-33-10-8-27/h2-4,12,16-17H,1,5-11,13-15H2,(H,26,32). The Labute approximate surface area is 206 Å². The summed E-state index contributed by atoms with van der Waals surface area (Å²) in [5.74, 6) is 2.37. The molecule has 0 radical (unpaired) electrons. The first kappa shape index (κ1) is 24.0. The van der Waals surface area contributed by atoms with Crippen LogP contribution in [0.5, 0.6) is 0 Å². The van der Waals surface area contributed by atoms with Crippen LogP contribution in [0.15, 0.2) is 41.5 Å². The number of carbonyl (C=O) groups excluding carboxylic acids is 3. The van der Waals surface area contributed by atoms with E-state index in [2.05, 4.69) is 32.7 Å². The number of ketones is 1. The van der Waals surface area contributed by atoms with E-state index < -0.39 is 0 Å². The van der Waals surface area contributed by atoms with Gasteiger partial charge in [0.2, 0.25) is 5.91 Å². The molecule has 2 aliphatic rings. The van der Waals surface area contributed by atoms with Gasteiger partial charge in [0.25, 0.3) is 5.91 Å². The van der Waals surface area contributed by atoms with Crippen molar-refractivity contribution < 1.29 is 14.4 Å². The van der Waals surface area contributed by atoms with Crippen LogP contribution in [-0.2, 0) is 16.1 Å². The van der Waals surface area contributed by atoms with E-state index in [0.717, 1.165) is 46.5 Å². The van der Waals surface area contributed by atoms with E-state index in [-0.39, 0.29) is 30.1 Å². The third kappa shape index (κ3) is 5.88. The second kappa shape index (κ2) is 10.9. The first-order valence-corrected chi connectivity index (χ1v) is 13.2. The zero-order chi connectivity index (χ0) is 23.4. The Morgan fingerprint density at radius 3 is 2.70 bits per heavy atom. The fourth-order valence-electron chi connectivity index (χ4n) is 4.41. The number of likely N-dealkylation sites (tertiary alicyclic amines) is 1. The lowest BCUT2D eigenvalue weighted by atomic mass is 9.94. The van der Waals surface area contributed by atoms with E-state index in [1.165, 1.54) is 6.08 Å². The summed E-state index contributed by atoms with van der Waals surface area (Å²) in [5.41, 5.74) is 1.45. The van der Waals surface area contributed by atoms with E-state index in [1.54, 1.807) is 11.1 Å². The number of hydrogen-bond donors (Lipinski definition) is 1. The minimum atomic E-state index is -0.117. The van der Waals surface area contributed by atoms with Crippen molar-refractivity contribution in [2.24, 2.45) is 5.92 Å². The van der Waals surface area contributed by atoms with Crippen LogP contribution in [0, 0.1) is 5.92 Å². The Hall–Kier alpha value is -2.10. The lowest BCUT2D eigenvalue weighted by Gasteiger charge is -2.38. The Morgan fingerprint density at radius 1 is 1.21 bits per heavy atom. The highest BCUT2D eigenvalue weighted by Gasteiger charge is 2.31. The molecule has 1 N–H and O–H groups in total. The molecule has 2 aromatic rings. The van der Waals surface area contributed by atoms with Crippen molar-refractivity contribution in [1.82, 2.24) is 19.7 Å². The Bertz CT molecular complexity index is 1060. The number of benzene rings is 1. The molecule has 4 rings (SSSR count). The van der Waals surface area contributed by atoms with Gasteiger partial charge in [0, 0.05) is 84.7 Å². The SMILES string of the molecule is C=CC(=O)N1CC(CC(=O)Cn2cc(C(=O)NCCN3CCSCC3)c3cc(Br)ccc32)C1. The number of Topliss-reactive ketones (excluding diaryl/α,β-unsaturated/α-hetero) is 1. The molecular weight excluding hydrogens is 504 g/mol. The van der Waals surface area contributed by atoms with Crippen molar-refractivity contribution in [1.29, 1.82) is 0 Å². The molecule has 0 unspecified atom stereocenters. The Morgan fingerprint density at radius 2 is 1.97 bits per heavy atom. The van der Waals surface area contributed by atoms with Gasteiger partial charge in [0.05, 0.1) is 12.1 Å². The van der Waals surface area contributed by atoms with Gasteiger partial charge in [-0.2, -0.15) is 11.8 Å². The lowest BCUT2D eigenvalue weighted by Crippen LogP contribution is -2.50. The molecule has 7 nitrogen and oxygen atoms in total. The molecule has 0 aliphatic carbocycles. The molecule has 176 valence electrons. The second-order valence-corrected chi connectivity index (χ2v) is 10.7. The highest BCUT2D eigenvalue weighted by atomic mass is 79.9. The topological polar surface area (TPSA) is 74.6 Å². The highest BCUT2D eigenvalue weighted by Crippen LogP contribution is 2.26. The molecular formula is C24H29BrN4O3S. The normalized spacial score (nSPS) is 17.1. The van der Waals surface area contributed by atoms with Gasteiger partial charge in [-0.25, -0.2) is 0 Å². The summed E-state index contributed by atoms with van der Waals surface area (Å²) in [4.78, 5) is 41.4. The largest absolute Gasteiger partial charge is 0.351 e. The maximum atomic E-state index is 13.0. The number of aromatic nitrogens is 1. The molecule has 0 spiro atoms. The van der Waals surface area contributed by atoms with Crippen LogP contribution >= 0.6 is 27.7 Å². The molecule has 0 saturated carbocycles. The zero-order valence-electron chi connectivity index (χ0n) is 18.6. The zero-order valence-corrected chi connectivity index (χ0v) is 21.0. The van der Waals surface area contributed by atoms with Crippen molar-refractivity contribution >= 4 is 56.2 Å². The fourth-order valence-corrected chi connectivity index (χ4v) is 5.75. The summed E-state index contributed by atoms with van der Waals surface area (Å²) in [6.45, 7) is 8.48. The molecule has 0 bridgehead atoms. The molecule has 2 amide bonds. The van der Waals surface area contributed by atoms with Crippen molar-refractivity contribution in [3.8, 4) is 0 Å². The number of fused-ring (bicyclic) bond motifs is 1. The van der Waals surface area contributed by atoms with Crippen LogP contribution in [0.4, 0.5) is 0 Å². The lowest BCUT2D eigenvalue weighted by molar-refractivity contribution is -0.134. The van der Waals surface area contributed by atoms with E-state index in [9.17, 15) is 14.4 Å². The van der Waals surface area contributed by atoms with Crippen LogP contribution in [-0.4, -0.2) is 82.7 Å². The van der Waals surface area contributed by atoms with Gasteiger partial charge in [-0.05, 0) is 24.3 Å². The minimum absolute atomic E-state index is 0.0875. The first-order valence-electron chi connectivity index (χ1n) is 11.2. The summed E-state index contributed by atoms with van der Waals surface area (Å²) >= 11 is 5.47. The summed E-state index contributed by atoms with van der Waals surface area (Å²) < 4.78 is 2.76. The van der Waals surface area contributed by atoms with E-state index >= 15 is 0 Å². The summed E-state index contributed by atoms with van der Waals surface area (Å²) in [6.07, 6.45) is 3.52. The predicted molar refractivity (Wildman–Crippen MR) is 136 cm³/mol. The van der Waals surface area contributed by atoms with Gasteiger partial charge >= 0.3 is 0 Å². The predicted octanol–water partition coefficient (Wildman–Crippen LogP) is 2.79. The van der Waals surface area contributed by atoms with Crippen LogP contribution < -0.4 is 5.32 Å². The molecule has 33 heavy (non-hydrogen) atoms. The van der Waals surface area contributed by atoms with Crippen molar-refractivity contribution in [3.63, 3.8) is 0 Å². The van der Waals surface area contributed by atoms with Crippen LogP contribution in [0.2, 0.25) is 0 Å². The third-order valence-corrected chi connectivity index (χ3v) is 7.65. The van der Waals surface area contributed by atoms with Gasteiger partial charge in [-0.15, -0.1) is 0 Å². The maximum absolute atomic E-state index is 13.0. The molecule has 1 aromatic carbocycles. The molecule has 0 atom stereocenters. The number of rotatable bonds is 9. The van der Waals surface area contributed by atoms with E-state index in [0.29, 0.717) is 31.6 Å². The summed E-state index contributed by atoms with van der Waals surface area (Å²) in [7, 11) is 0. The molecule has 9 heteroatoms.